The summed E-state index contributed by atoms with van der Waals surface area (Å²) in [4.78, 5) is 24.0. The number of ether oxygens (including phenoxy) is 1. The summed E-state index contributed by atoms with van der Waals surface area (Å²) < 4.78 is 7.99. The smallest absolute Gasteiger partial charge is 0.255 e. The largest absolute Gasteiger partial charge is 0.370 e. The van der Waals surface area contributed by atoms with Gasteiger partial charge in [-0.3, -0.25) is 4.79 Å². The molecule has 1 aromatic carbocycles. The Morgan fingerprint density at radius 2 is 2.14 bits per heavy atom. The van der Waals surface area contributed by atoms with E-state index in [-0.39, 0.29) is 11.5 Å². The van der Waals surface area contributed by atoms with Crippen LogP contribution < -0.4 is 5.32 Å². The zero-order valence-corrected chi connectivity index (χ0v) is 15.7. The lowest BCUT2D eigenvalue weighted by Crippen LogP contribution is -2.54. The lowest BCUT2D eigenvalue weighted by molar-refractivity contribution is -0.0866. The Labute approximate surface area is 163 Å². The van der Waals surface area contributed by atoms with E-state index in [4.69, 9.17) is 4.74 Å². The molecule has 2 aliphatic heterocycles. The summed E-state index contributed by atoms with van der Waals surface area (Å²) in [6.07, 6.45) is 4.40. The number of carbonyl (C=O) groups is 1. The van der Waals surface area contributed by atoms with Gasteiger partial charge >= 0.3 is 0 Å². The van der Waals surface area contributed by atoms with Gasteiger partial charge in [-0.05, 0) is 24.6 Å². The van der Waals surface area contributed by atoms with Crippen molar-refractivity contribution in [3.8, 4) is 0 Å². The van der Waals surface area contributed by atoms with E-state index in [1.165, 1.54) is 5.56 Å². The molecule has 0 bridgehead atoms. The second kappa shape index (κ2) is 7.00. The van der Waals surface area contributed by atoms with Crippen LogP contribution >= 0.6 is 0 Å². The zero-order chi connectivity index (χ0) is 19.0. The molecule has 1 unspecified atom stereocenters. The summed E-state index contributed by atoms with van der Waals surface area (Å²) in [6.45, 7) is 4.26. The number of amides is 1. The number of morpholine rings is 1. The number of nitrogens with zero attached hydrogens (tertiary/aromatic N) is 4. The summed E-state index contributed by atoms with van der Waals surface area (Å²) in [7, 11) is 0. The third-order valence-corrected chi connectivity index (χ3v) is 5.64. The van der Waals surface area contributed by atoms with Crippen LogP contribution in [0.15, 0.2) is 48.9 Å². The van der Waals surface area contributed by atoms with Crippen molar-refractivity contribution in [2.45, 2.75) is 18.6 Å². The minimum absolute atomic E-state index is 0.00147. The van der Waals surface area contributed by atoms with E-state index >= 15 is 0 Å². The molecule has 28 heavy (non-hydrogen) atoms. The van der Waals surface area contributed by atoms with Gasteiger partial charge in [-0.2, -0.15) is 0 Å². The van der Waals surface area contributed by atoms with Crippen LogP contribution in [0.3, 0.4) is 0 Å². The number of carbonyl (C=O) groups excluding carboxylic acids is 1. The third-order valence-electron chi connectivity index (χ3n) is 5.64. The molecule has 1 N–H and O–H groups in total. The van der Waals surface area contributed by atoms with Gasteiger partial charge in [0.25, 0.3) is 5.91 Å². The van der Waals surface area contributed by atoms with Gasteiger partial charge in [-0.15, -0.1) is 0 Å². The SMILES string of the molecule is O=C(c1cnc2c(c1)ncn2Cc1ccccc1)N1CCOC2(CCNC2)C1. The number of imidazole rings is 1. The van der Waals surface area contributed by atoms with Gasteiger partial charge in [0, 0.05) is 19.3 Å². The van der Waals surface area contributed by atoms with Gasteiger partial charge in [0.15, 0.2) is 5.65 Å². The maximum absolute atomic E-state index is 13.1. The molecule has 0 saturated carbocycles. The van der Waals surface area contributed by atoms with Crippen molar-refractivity contribution in [2.75, 3.05) is 32.8 Å². The molecular weight excluding hydrogens is 354 g/mol. The van der Waals surface area contributed by atoms with Crippen LogP contribution in [0.5, 0.6) is 0 Å². The van der Waals surface area contributed by atoms with Crippen molar-refractivity contribution in [1.82, 2.24) is 24.8 Å². The molecule has 7 heteroatoms. The van der Waals surface area contributed by atoms with E-state index in [2.05, 4.69) is 27.4 Å². The summed E-state index contributed by atoms with van der Waals surface area (Å²) in [5, 5.41) is 3.34. The average Bonchev–Trinajstić information content (AvgIpc) is 3.35. The van der Waals surface area contributed by atoms with Crippen molar-refractivity contribution in [3.05, 3.63) is 60.0 Å². The third kappa shape index (κ3) is 3.16. The second-order valence-electron chi connectivity index (χ2n) is 7.61. The Hall–Kier alpha value is -2.77. The first-order valence-electron chi connectivity index (χ1n) is 9.71. The Morgan fingerprint density at radius 3 is 2.96 bits per heavy atom. The Bertz CT molecular complexity index is 994. The van der Waals surface area contributed by atoms with E-state index in [0.717, 1.165) is 30.7 Å². The van der Waals surface area contributed by atoms with Gasteiger partial charge in [-0.25, -0.2) is 9.97 Å². The molecule has 4 heterocycles. The predicted octanol–water partition coefficient (Wildman–Crippen LogP) is 1.68. The van der Waals surface area contributed by atoms with E-state index in [9.17, 15) is 4.79 Å². The molecule has 2 aromatic heterocycles. The number of pyridine rings is 1. The zero-order valence-electron chi connectivity index (χ0n) is 15.7. The molecule has 1 spiro atoms. The number of aromatic nitrogens is 3. The molecule has 2 aliphatic rings. The predicted molar refractivity (Wildman–Crippen MR) is 105 cm³/mol. The Kier molecular flexibility index (Phi) is 4.33. The van der Waals surface area contributed by atoms with Gasteiger partial charge in [0.05, 0.1) is 37.2 Å². The summed E-state index contributed by atoms with van der Waals surface area (Å²) in [6, 6.07) is 12.1. The standard InChI is InChI=1S/C21H23N5O2/c27-20(25-8-9-28-21(14-25)6-7-22-13-21)17-10-18-19(23-11-17)26(15-24-18)12-16-4-2-1-3-5-16/h1-5,10-11,15,22H,6-9,12-14H2. The highest BCUT2D eigenvalue weighted by molar-refractivity contribution is 5.96. The fraction of sp³-hybridized carbons (Fsp3) is 0.381. The van der Waals surface area contributed by atoms with Crippen molar-refractivity contribution >= 4 is 17.1 Å². The van der Waals surface area contributed by atoms with Crippen LogP contribution in [-0.2, 0) is 11.3 Å². The quantitative estimate of drug-likeness (QED) is 0.752. The van der Waals surface area contributed by atoms with E-state index < -0.39 is 0 Å². The molecule has 1 amide bonds. The summed E-state index contributed by atoms with van der Waals surface area (Å²) >= 11 is 0. The van der Waals surface area contributed by atoms with Gasteiger partial charge in [0.2, 0.25) is 0 Å². The van der Waals surface area contributed by atoms with Crippen LogP contribution in [0, 0.1) is 0 Å². The van der Waals surface area contributed by atoms with Crippen LogP contribution in [0.4, 0.5) is 0 Å². The minimum Gasteiger partial charge on any atom is -0.370 e. The van der Waals surface area contributed by atoms with Crippen molar-refractivity contribution < 1.29 is 9.53 Å². The van der Waals surface area contributed by atoms with Crippen LogP contribution in [0.25, 0.3) is 11.2 Å². The van der Waals surface area contributed by atoms with E-state index in [1.807, 2.05) is 33.7 Å². The first-order valence-corrected chi connectivity index (χ1v) is 9.71. The van der Waals surface area contributed by atoms with Gasteiger partial charge in [-0.1, -0.05) is 30.3 Å². The average molecular weight is 377 g/mol. The van der Waals surface area contributed by atoms with Gasteiger partial charge in [0.1, 0.15) is 5.52 Å². The molecule has 2 fully saturated rings. The number of fused-ring (bicyclic) bond motifs is 1. The molecular formula is C21H23N5O2. The van der Waals surface area contributed by atoms with Crippen LogP contribution in [0.2, 0.25) is 0 Å². The molecule has 7 nitrogen and oxygen atoms in total. The number of hydrogen-bond donors (Lipinski definition) is 1. The number of rotatable bonds is 3. The molecule has 1 atom stereocenters. The van der Waals surface area contributed by atoms with Crippen LogP contribution in [-0.4, -0.2) is 63.7 Å². The normalized spacial score (nSPS) is 22.2. The number of hydrogen-bond acceptors (Lipinski definition) is 5. The Morgan fingerprint density at radius 1 is 1.25 bits per heavy atom. The van der Waals surface area contributed by atoms with Crippen molar-refractivity contribution in [2.24, 2.45) is 0 Å². The molecule has 2 saturated heterocycles. The Balaban J connectivity index is 1.37. The maximum Gasteiger partial charge on any atom is 0.255 e. The molecule has 144 valence electrons. The topological polar surface area (TPSA) is 72.3 Å². The lowest BCUT2D eigenvalue weighted by Gasteiger charge is -2.40. The summed E-state index contributed by atoms with van der Waals surface area (Å²) in [5.74, 6) is 0.00147. The first kappa shape index (κ1) is 17.3. The van der Waals surface area contributed by atoms with Crippen LogP contribution in [0.1, 0.15) is 22.3 Å². The lowest BCUT2D eigenvalue weighted by atomic mass is 10.00. The molecule has 3 aromatic rings. The van der Waals surface area contributed by atoms with Crippen molar-refractivity contribution in [3.63, 3.8) is 0 Å². The van der Waals surface area contributed by atoms with E-state index in [1.54, 1.807) is 12.5 Å². The van der Waals surface area contributed by atoms with E-state index in [0.29, 0.717) is 31.8 Å². The van der Waals surface area contributed by atoms with Crippen molar-refractivity contribution in [1.29, 1.82) is 0 Å². The minimum atomic E-state index is -0.233. The maximum atomic E-state index is 13.1. The first-order chi connectivity index (χ1) is 13.7. The highest BCUT2D eigenvalue weighted by Crippen LogP contribution is 2.26. The highest BCUT2D eigenvalue weighted by atomic mass is 16.5. The van der Waals surface area contributed by atoms with Gasteiger partial charge < -0.3 is 19.5 Å². The second-order valence-corrected chi connectivity index (χ2v) is 7.61. The molecule has 0 aliphatic carbocycles. The monoisotopic (exact) mass is 377 g/mol. The highest BCUT2D eigenvalue weighted by Gasteiger charge is 2.40. The number of nitrogens with one attached hydrogen (secondary N) is 1. The fourth-order valence-corrected chi connectivity index (χ4v) is 4.14. The fourth-order valence-electron chi connectivity index (χ4n) is 4.14. The molecule has 5 rings (SSSR count). The summed E-state index contributed by atoms with van der Waals surface area (Å²) in [5.41, 5.74) is 3.07. The molecule has 0 radical (unpaired) electrons. The number of benzene rings is 1.